The summed E-state index contributed by atoms with van der Waals surface area (Å²) in [6.07, 6.45) is 2.60. The number of anilines is 1. The van der Waals surface area contributed by atoms with E-state index in [1.165, 1.54) is 5.56 Å². The maximum Gasteiger partial charge on any atom is 0.166 e. The van der Waals surface area contributed by atoms with E-state index in [1.807, 2.05) is 22.8 Å². The van der Waals surface area contributed by atoms with E-state index < -0.39 is 0 Å². The molecular weight excluding hydrogens is 362 g/mol. The Morgan fingerprint density at radius 1 is 1.15 bits per heavy atom. The molecule has 0 spiro atoms. The second kappa shape index (κ2) is 7.24. The Kier molecular flexibility index (Phi) is 4.64. The SMILES string of the molecule is COc1ccc(OC)c(-c2nc3c(N)ncn(CCc4ccsc4)c-3n2)c1. The second-order valence-electron chi connectivity index (χ2n) is 5.99. The van der Waals surface area contributed by atoms with Crippen molar-refractivity contribution in [3.63, 3.8) is 0 Å². The third-order valence-electron chi connectivity index (χ3n) is 4.36. The molecule has 0 saturated heterocycles. The first kappa shape index (κ1) is 17.3. The smallest absolute Gasteiger partial charge is 0.166 e. The molecule has 2 N–H and O–H groups in total. The van der Waals surface area contributed by atoms with Gasteiger partial charge in [-0.2, -0.15) is 11.3 Å². The first-order valence-corrected chi connectivity index (χ1v) is 9.35. The van der Waals surface area contributed by atoms with Crippen LogP contribution in [0.15, 0.2) is 41.4 Å². The Bertz CT molecular complexity index is 1030. The Labute approximate surface area is 160 Å². The number of rotatable bonds is 6. The molecule has 0 saturated carbocycles. The third kappa shape index (κ3) is 3.31. The van der Waals surface area contributed by atoms with Crippen LogP contribution < -0.4 is 15.2 Å². The Balaban J connectivity index is 1.76. The lowest BCUT2D eigenvalue weighted by Crippen LogP contribution is -2.09. The zero-order chi connectivity index (χ0) is 18.8. The van der Waals surface area contributed by atoms with Crippen LogP contribution >= 0.6 is 11.3 Å². The molecule has 3 heterocycles. The molecule has 0 unspecified atom stereocenters. The van der Waals surface area contributed by atoms with Crippen LogP contribution in [0, 0.1) is 0 Å². The van der Waals surface area contributed by atoms with E-state index in [0.717, 1.165) is 18.5 Å². The fraction of sp³-hybridized carbons (Fsp3) is 0.211. The molecule has 8 heteroatoms. The molecule has 7 nitrogen and oxygen atoms in total. The summed E-state index contributed by atoms with van der Waals surface area (Å²) in [5.74, 6) is 2.97. The summed E-state index contributed by atoms with van der Waals surface area (Å²) in [5, 5.41) is 4.22. The van der Waals surface area contributed by atoms with Gasteiger partial charge < -0.3 is 19.8 Å². The highest BCUT2D eigenvalue weighted by atomic mass is 32.1. The molecule has 0 amide bonds. The van der Waals surface area contributed by atoms with E-state index in [1.54, 1.807) is 31.9 Å². The Morgan fingerprint density at radius 2 is 2.04 bits per heavy atom. The van der Waals surface area contributed by atoms with Crippen molar-refractivity contribution in [1.29, 1.82) is 0 Å². The number of fused-ring (bicyclic) bond motifs is 1. The number of thiophene rings is 1. The first-order valence-electron chi connectivity index (χ1n) is 8.41. The van der Waals surface area contributed by atoms with Gasteiger partial charge in [0, 0.05) is 6.54 Å². The number of benzene rings is 1. The van der Waals surface area contributed by atoms with Gasteiger partial charge in [-0.3, -0.25) is 0 Å². The highest BCUT2D eigenvalue weighted by molar-refractivity contribution is 7.07. The van der Waals surface area contributed by atoms with Gasteiger partial charge in [0.2, 0.25) is 0 Å². The topological polar surface area (TPSA) is 88.1 Å². The third-order valence-corrected chi connectivity index (χ3v) is 5.09. The Morgan fingerprint density at radius 3 is 2.78 bits per heavy atom. The minimum atomic E-state index is 0.359. The number of methoxy groups -OCH3 is 2. The number of imidazole rings is 1. The zero-order valence-electron chi connectivity index (χ0n) is 15.0. The molecular formula is C19H19N5O2S. The van der Waals surface area contributed by atoms with Crippen LogP contribution in [0.1, 0.15) is 5.56 Å². The van der Waals surface area contributed by atoms with Gasteiger partial charge in [-0.1, -0.05) is 0 Å². The summed E-state index contributed by atoms with van der Waals surface area (Å²) < 4.78 is 12.8. The zero-order valence-corrected chi connectivity index (χ0v) is 15.9. The van der Waals surface area contributed by atoms with Crippen molar-refractivity contribution in [2.24, 2.45) is 0 Å². The quantitative estimate of drug-likeness (QED) is 0.551. The summed E-state index contributed by atoms with van der Waals surface area (Å²) in [6.45, 7) is 0.744. The van der Waals surface area contributed by atoms with Crippen LogP contribution in [0.3, 0.4) is 0 Å². The van der Waals surface area contributed by atoms with Gasteiger partial charge in [-0.05, 0) is 47.0 Å². The van der Waals surface area contributed by atoms with Gasteiger partial charge in [0.05, 0.1) is 26.1 Å². The molecule has 0 fully saturated rings. The average molecular weight is 381 g/mol. The number of nitrogen functional groups attached to an aromatic ring is 1. The lowest BCUT2D eigenvalue weighted by atomic mass is 10.2. The number of aromatic nitrogens is 4. The summed E-state index contributed by atoms with van der Waals surface area (Å²) in [7, 11) is 3.24. The van der Waals surface area contributed by atoms with Gasteiger partial charge in [-0.15, -0.1) is 0 Å². The van der Waals surface area contributed by atoms with E-state index in [-0.39, 0.29) is 0 Å². The predicted molar refractivity (Wildman–Crippen MR) is 105 cm³/mol. The van der Waals surface area contributed by atoms with Crippen molar-refractivity contribution in [2.45, 2.75) is 13.0 Å². The van der Waals surface area contributed by atoms with Crippen molar-refractivity contribution in [2.75, 3.05) is 20.0 Å². The van der Waals surface area contributed by atoms with Crippen LogP contribution in [0.25, 0.3) is 22.9 Å². The summed E-state index contributed by atoms with van der Waals surface area (Å²) >= 11 is 1.69. The van der Waals surface area contributed by atoms with Crippen molar-refractivity contribution in [3.8, 4) is 34.4 Å². The van der Waals surface area contributed by atoms with E-state index in [4.69, 9.17) is 20.2 Å². The highest BCUT2D eigenvalue weighted by Crippen LogP contribution is 2.35. The first-order chi connectivity index (χ1) is 13.2. The number of ether oxygens (including phenoxy) is 2. The van der Waals surface area contributed by atoms with Crippen LogP contribution in [-0.2, 0) is 13.0 Å². The van der Waals surface area contributed by atoms with Gasteiger partial charge in [-0.25, -0.2) is 15.0 Å². The van der Waals surface area contributed by atoms with Crippen molar-refractivity contribution >= 4 is 17.2 Å². The molecule has 2 aromatic rings. The minimum absolute atomic E-state index is 0.359. The number of hydrogen-bond donors (Lipinski definition) is 1. The normalized spacial score (nSPS) is 11.0. The fourth-order valence-corrected chi connectivity index (χ4v) is 3.61. The maximum atomic E-state index is 6.05. The van der Waals surface area contributed by atoms with Gasteiger partial charge in [0.15, 0.2) is 23.2 Å². The van der Waals surface area contributed by atoms with Crippen LogP contribution in [-0.4, -0.2) is 33.7 Å². The molecule has 2 aliphatic heterocycles. The second-order valence-corrected chi connectivity index (χ2v) is 6.77. The van der Waals surface area contributed by atoms with E-state index in [0.29, 0.717) is 34.7 Å². The molecule has 138 valence electrons. The number of aryl methyl sites for hydroxylation is 2. The molecule has 4 rings (SSSR count). The molecule has 0 aliphatic carbocycles. The van der Waals surface area contributed by atoms with E-state index >= 15 is 0 Å². The van der Waals surface area contributed by atoms with Gasteiger partial charge in [0.25, 0.3) is 0 Å². The molecule has 27 heavy (non-hydrogen) atoms. The molecule has 1 aromatic heterocycles. The molecule has 0 atom stereocenters. The predicted octanol–water partition coefficient (Wildman–Crippen LogP) is 3.35. The van der Waals surface area contributed by atoms with Gasteiger partial charge in [0.1, 0.15) is 11.5 Å². The average Bonchev–Trinajstić information content (AvgIpc) is 3.37. The lowest BCUT2D eigenvalue weighted by molar-refractivity contribution is 0.404. The van der Waals surface area contributed by atoms with Gasteiger partial charge >= 0.3 is 0 Å². The molecule has 0 radical (unpaired) electrons. The van der Waals surface area contributed by atoms with Crippen LogP contribution in [0.4, 0.5) is 5.82 Å². The molecule has 1 aromatic carbocycles. The molecule has 0 bridgehead atoms. The minimum Gasteiger partial charge on any atom is -0.497 e. The lowest BCUT2D eigenvalue weighted by Gasteiger charge is -2.10. The van der Waals surface area contributed by atoms with Crippen molar-refractivity contribution in [3.05, 3.63) is 46.9 Å². The summed E-state index contributed by atoms with van der Waals surface area (Å²) in [4.78, 5) is 13.6. The number of nitrogens with two attached hydrogens (primary N) is 1. The van der Waals surface area contributed by atoms with Crippen LogP contribution in [0.5, 0.6) is 11.5 Å². The maximum absolute atomic E-state index is 6.05. The number of nitrogens with zero attached hydrogens (tertiary/aromatic N) is 4. The summed E-state index contributed by atoms with van der Waals surface area (Å²) in [6, 6.07) is 7.64. The highest BCUT2D eigenvalue weighted by Gasteiger charge is 2.21. The monoisotopic (exact) mass is 381 g/mol. The fourth-order valence-electron chi connectivity index (χ4n) is 2.91. The van der Waals surface area contributed by atoms with Crippen molar-refractivity contribution in [1.82, 2.24) is 19.5 Å². The largest absolute Gasteiger partial charge is 0.497 e. The Hall–Kier alpha value is -3.13. The van der Waals surface area contributed by atoms with E-state index in [9.17, 15) is 0 Å². The number of hydrogen-bond acceptors (Lipinski definition) is 7. The van der Waals surface area contributed by atoms with Crippen molar-refractivity contribution < 1.29 is 9.47 Å². The molecule has 2 aliphatic rings. The van der Waals surface area contributed by atoms with Crippen LogP contribution in [0.2, 0.25) is 0 Å². The van der Waals surface area contributed by atoms with E-state index in [2.05, 4.69) is 26.8 Å². The summed E-state index contributed by atoms with van der Waals surface area (Å²) in [5.41, 5.74) is 8.67. The standard InChI is InChI=1S/C19H19N5O2S/c1-25-13-3-4-15(26-2)14(9-13)18-22-16-17(20)21-11-24(19(16)23-18)7-5-12-6-8-27-10-12/h3-4,6,8-11H,5,7,20H2,1-2H3.